The van der Waals surface area contributed by atoms with Crippen molar-refractivity contribution in [1.82, 2.24) is 0 Å². The van der Waals surface area contributed by atoms with Crippen LogP contribution < -0.4 is 0 Å². The number of rotatable bonds is 0. The minimum atomic E-state index is 0.284. The summed E-state index contributed by atoms with van der Waals surface area (Å²) in [5.41, 5.74) is 1.97. The molecule has 1 unspecified atom stereocenters. The Balaban J connectivity index is 1.91. The van der Waals surface area contributed by atoms with E-state index in [1.165, 1.54) is 17.7 Å². The van der Waals surface area contributed by atoms with Crippen LogP contribution in [0.4, 0.5) is 0 Å². The van der Waals surface area contributed by atoms with Gasteiger partial charge in [-0.15, -0.1) is 0 Å². The molecule has 1 fully saturated rings. The minimum absolute atomic E-state index is 0.284. The lowest BCUT2D eigenvalue weighted by atomic mass is 9.76. The highest BCUT2D eigenvalue weighted by Crippen LogP contribution is 2.76. The molecule has 1 aromatic rings. The van der Waals surface area contributed by atoms with Gasteiger partial charge in [0.1, 0.15) is 5.76 Å². The van der Waals surface area contributed by atoms with E-state index in [0.29, 0.717) is 11.3 Å². The average molecular weight is 212 g/mol. The molecule has 3 aliphatic rings. The highest BCUT2D eigenvalue weighted by molar-refractivity contribution is 5.64. The van der Waals surface area contributed by atoms with Gasteiger partial charge in [-0.1, -0.05) is 38.2 Å². The normalized spacial score (nSPS) is 41.1. The molecule has 82 valence electrons. The molecule has 0 amide bonds. The smallest absolute Gasteiger partial charge is 0.115 e. The van der Waals surface area contributed by atoms with Gasteiger partial charge in [-0.3, -0.25) is 0 Å². The average Bonchev–Trinajstić information content (AvgIpc) is 2.73. The fourth-order valence-corrected chi connectivity index (χ4v) is 4.05. The third-order valence-electron chi connectivity index (χ3n) is 4.76. The van der Waals surface area contributed by atoms with Crippen molar-refractivity contribution in [2.24, 2.45) is 16.7 Å². The van der Waals surface area contributed by atoms with Crippen molar-refractivity contribution in [3.8, 4) is 0 Å². The largest absolute Gasteiger partial charge is 0.468 e. The van der Waals surface area contributed by atoms with Gasteiger partial charge in [0.15, 0.2) is 0 Å². The highest BCUT2D eigenvalue weighted by atomic mass is 16.3. The van der Waals surface area contributed by atoms with Gasteiger partial charge in [-0.2, -0.15) is 0 Å². The molecule has 4 rings (SSSR count). The molecule has 1 aromatic heterocycles. The molecular formula is C15H16O. The number of hydrogen-bond acceptors (Lipinski definition) is 1. The van der Waals surface area contributed by atoms with Gasteiger partial charge in [0.2, 0.25) is 0 Å². The van der Waals surface area contributed by atoms with Crippen LogP contribution in [0.1, 0.15) is 37.5 Å². The molecule has 16 heavy (non-hydrogen) atoms. The van der Waals surface area contributed by atoms with Crippen molar-refractivity contribution in [2.75, 3.05) is 0 Å². The van der Waals surface area contributed by atoms with Gasteiger partial charge in [-0.05, 0) is 23.8 Å². The molecule has 3 aliphatic carbocycles. The summed E-state index contributed by atoms with van der Waals surface area (Å²) in [5.74, 6) is 2.54. The van der Waals surface area contributed by atoms with E-state index in [0.717, 1.165) is 5.92 Å². The Kier molecular flexibility index (Phi) is 1.31. The van der Waals surface area contributed by atoms with E-state index in [1.807, 2.05) is 6.26 Å². The molecule has 0 aliphatic heterocycles. The Bertz CT molecular complexity index is 517. The fraction of sp³-hybridized carbons (Fsp3) is 0.467. The van der Waals surface area contributed by atoms with Crippen molar-refractivity contribution in [3.05, 3.63) is 41.9 Å². The van der Waals surface area contributed by atoms with Crippen molar-refractivity contribution in [2.45, 2.75) is 26.2 Å². The van der Waals surface area contributed by atoms with Crippen LogP contribution in [0.3, 0.4) is 0 Å². The zero-order valence-corrected chi connectivity index (χ0v) is 9.73. The van der Waals surface area contributed by atoms with Crippen LogP contribution in [-0.2, 0) is 0 Å². The second-order valence-electron chi connectivity index (χ2n) is 6.12. The first-order valence-corrected chi connectivity index (χ1v) is 6.09. The maximum Gasteiger partial charge on any atom is 0.115 e. The molecule has 0 saturated heterocycles. The van der Waals surface area contributed by atoms with E-state index in [2.05, 4.69) is 44.2 Å². The van der Waals surface area contributed by atoms with Gasteiger partial charge in [0.05, 0.1) is 6.26 Å². The number of fused-ring (bicyclic) bond motifs is 3. The van der Waals surface area contributed by atoms with Crippen molar-refractivity contribution in [1.29, 1.82) is 0 Å². The predicted octanol–water partition coefficient (Wildman–Crippen LogP) is 3.99. The van der Waals surface area contributed by atoms with Gasteiger partial charge in [0, 0.05) is 16.9 Å². The van der Waals surface area contributed by atoms with Crippen LogP contribution in [0.5, 0.6) is 0 Å². The van der Waals surface area contributed by atoms with E-state index in [-0.39, 0.29) is 5.41 Å². The number of hydrogen-bond donors (Lipinski definition) is 0. The second-order valence-corrected chi connectivity index (χ2v) is 6.12. The molecule has 0 N–H and O–H groups in total. The number of furan rings is 1. The maximum absolute atomic E-state index is 5.70. The molecule has 0 bridgehead atoms. The third-order valence-corrected chi connectivity index (χ3v) is 4.76. The van der Waals surface area contributed by atoms with E-state index in [4.69, 9.17) is 4.42 Å². The molecule has 1 heterocycles. The summed E-state index contributed by atoms with van der Waals surface area (Å²) in [6.07, 6.45) is 12.4. The predicted molar refractivity (Wildman–Crippen MR) is 63.9 cm³/mol. The van der Waals surface area contributed by atoms with Crippen molar-refractivity contribution < 1.29 is 4.42 Å². The molecule has 1 saturated carbocycles. The van der Waals surface area contributed by atoms with Crippen LogP contribution in [-0.4, -0.2) is 0 Å². The standard InChI is InChI=1S/C15H16O/c1-14(2)6-3-7-15-8-4-10-5-9-16-12(10)11(15)13(14)15/h3-5,7-9,11,13H,6H2,1-2H3/t11-,13+,15?/m0/s1. The molecule has 0 radical (unpaired) electrons. The minimum Gasteiger partial charge on any atom is -0.468 e. The summed E-state index contributed by atoms with van der Waals surface area (Å²) in [6, 6.07) is 2.08. The van der Waals surface area contributed by atoms with Gasteiger partial charge in [0.25, 0.3) is 0 Å². The van der Waals surface area contributed by atoms with Gasteiger partial charge in [-0.25, -0.2) is 0 Å². The lowest BCUT2D eigenvalue weighted by molar-refractivity contribution is 0.273. The van der Waals surface area contributed by atoms with Crippen LogP contribution in [0.2, 0.25) is 0 Å². The maximum atomic E-state index is 5.70. The summed E-state index contributed by atoms with van der Waals surface area (Å²) >= 11 is 0. The van der Waals surface area contributed by atoms with E-state index in [9.17, 15) is 0 Å². The monoisotopic (exact) mass is 212 g/mol. The summed E-state index contributed by atoms with van der Waals surface area (Å²) in [6.45, 7) is 4.77. The first-order chi connectivity index (χ1) is 7.65. The Labute approximate surface area is 95.8 Å². The Morgan fingerprint density at radius 1 is 1.31 bits per heavy atom. The number of allylic oxidation sites excluding steroid dienone is 3. The Morgan fingerprint density at radius 2 is 2.19 bits per heavy atom. The highest BCUT2D eigenvalue weighted by Gasteiger charge is 2.70. The lowest BCUT2D eigenvalue weighted by Gasteiger charge is -2.28. The summed E-state index contributed by atoms with van der Waals surface area (Å²) < 4.78 is 5.70. The zero-order chi connectivity index (χ0) is 11.0. The summed E-state index contributed by atoms with van der Waals surface area (Å²) in [7, 11) is 0. The molecule has 1 spiro atoms. The lowest BCUT2D eigenvalue weighted by Crippen LogP contribution is -2.20. The topological polar surface area (TPSA) is 13.1 Å². The van der Waals surface area contributed by atoms with Crippen LogP contribution in [0.15, 0.2) is 35.0 Å². The van der Waals surface area contributed by atoms with Crippen LogP contribution >= 0.6 is 0 Å². The van der Waals surface area contributed by atoms with E-state index < -0.39 is 0 Å². The first kappa shape index (κ1) is 8.86. The van der Waals surface area contributed by atoms with Crippen LogP contribution in [0.25, 0.3) is 6.08 Å². The summed E-state index contributed by atoms with van der Waals surface area (Å²) in [4.78, 5) is 0. The van der Waals surface area contributed by atoms with Crippen LogP contribution in [0, 0.1) is 16.7 Å². The van der Waals surface area contributed by atoms with Gasteiger partial charge >= 0.3 is 0 Å². The third kappa shape index (κ3) is 0.807. The fourth-order valence-electron chi connectivity index (χ4n) is 4.05. The van der Waals surface area contributed by atoms with Gasteiger partial charge < -0.3 is 4.42 Å². The van der Waals surface area contributed by atoms with E-state index >= 15 is 0 Å². The molecule has 1 heteroatoms. The van der Waals surface area contributed by atoms with E-state index in [1.54, 1.807) is 0 Å². The molecule has 3 atom stereocenters. The second kappa shape index (κ2) is 2.37. The quantitative estimate of drug-likeness (QED) is 0.592. The van der Waals surface area contributed by atoms with Crippen molar-refractivity contribution >= 4 is 6.08 Å². The SMILES string of the molecule is CC1(C)CC=CC23C=Cc4ccoc4[C@H]2[C@H]13. The molecular weight excluding hydrogens is 196 g/mol. The first-order valence-electron chi connectivity index (χ1n) is 6.09. The zero-order valence-electron chi connectivity index (χ0n) is 9.73. The molecule has 0 aromatic carbocycles. The molecule has 1 nitrogen and oxygen atoms in total. The Hall–Kier alpha value is -1.24. The Morgan fingerprint density at radius 3 is 3.06 bits per heavy atom. The summed E-state index contributed by atoms with van der Waals surface area (Å²) in [5, 5.41) is 0. The van der Waals surface area contributed by atoms with Crippen molar-refractivity contribution in [3.63, 3.8) is 0 Å².